The Labute approximate surface area is 108 Å². The lowest BCUT2D eigenvalue weighted by molar-refractivity contribution is 0.283. The van der Waals surface area contributed by atoms with E-state index in [0.29, 0.717) is 0 Å². The van der Waals surface area contributed by atoms with Gasteiger partial charge in [0.2, 0.25) is 0 Å². The maximum Gasteiger partial charge on any atom is 0.0610 e. The molecule has 96 valence electrons. The van der Waals surface area contributed by atoms with E-state index in [0.717, 1.165) is 32.1 Å². The lowest BCUT2D eigenvalue weighted by atomic mass is 9.63. The van der Waals surface area contributed by atoms with Crippen molar-refractivity contribution in [2.45, 2.75) is 39.0 Å². The number of nitrogens with one attached hydrogen (secondary N) is 1. The number of aliphatic hydroxyl groups is 1. The van der Waals surface area contributed by atoms with Gasteiger partial charge in [0.15, 0.2) is 0 Å². The Morgan fingerprint density at radius 2 is 2.39 bits per heavy atom. The van der Waals surface area contributed by atoms with E-state index < -0.39 is 0 Å². The van der Waals surface area contributed by atoms with E-state index in [9.17, 15) is 0 Å². The van der Waals surface area contributed by atoms with Gasteiger partial charge in [0.1, 0.15) is 0 Å². The Bertz CT molecular complexity index is 512. The molecule has 3 heteroatoms. The molecule has 1 aromatic rings. The fraction of sp³-hybridized carbons (Fsp3) is 0.533. The third-order valence-corrected chi connectivity index (χ3v) is 4.44. The van der Waals surface area contributed by atoms with Gasteiger partial charge in [-0.1, -0.05) is 24.1 Å². The van der Waals surface area contributed by atoms with Crippen molar-refractivity contribution in [3.8, 4) is 0 Å². The summed E-state index contributed by atoms with van der Waals surface area (Å²) in [5, 5.41) is 16.3. The Morgan fingerprint density at radius 3 is 3.22 bits per heavy atom. The van der Waals surface area contributed by atoms with E-state index in [4.69, 9.17) is 5.11 Å². The van der Waals surface area contributed by atoms with Crippen LogP contribution >= 0.6 is 0 Å². The third-order valence-electron chi connectivity index (χ3n) is 4.44. The van der Waals surface area contributed by atoms with E-state index in [1.807, 2.05) is 6.20 Å². The molecule has 0 amide bonds. The van der Waals surface area contributed by atoms with E-state index in [-0.39, 0.29) is 12.0 Å². The van der Waals surface area contributed by atoms with E-state index in [1.165, 1.54) is 22.4 Å². The SMILES string of the molecule is C[C@]12Cc3cn[nH]c3C=C1CCC=C2CCCO. The minimum Gasteiger partial charge on any atom is -0.396 e. The molecule has 0 saturated heterocycles. The number of rotatable bonds is 3. The first kappa shape index (κ1) is 11.7. The highest BCUT2D eigenvalue weighted by Crippen LogP contribution is 2.49. The zero-order valence-corrected chi connectivity index (χ0v) is 10.9. The number of aromatic nitrogens is 2. The summed E-state index contributed by atoms with van der Waals surface area (Å²) in [6.45, 7) is 2.63. The van der Waals surface area contributed by atoms with Crippen LogP contribution in [0.1, 0.15) is 43.9 Å². The fourth-order valence-corrected chi connectivity index (χ4v) is 3.36. The average Bonchev–Trinajstić information content (AvgIpc) is 2.79. The predicted octanol–water partition coefficient (Wildman–Crippen LogP) is 2.85. The second kappa shape index (κ2) is 4.39. The summed E-state index contributed by atoms with van der Waals surface area (Å²) in [6, 6.07) is 0. The monoisotopic (exact) mass is 244 g/mol. The van der Waals surface area contributed by atoms with Crippen LogP contribution in [-0.2, 0) is 6.42 Å². The molecule has 0 saturated carbocycles. The standard InChI is InChI=1S/C15H20N2O/c1-15-9-11-10-16-17-14(11)8-13(15)5-2-4-12(15)6-3-7-18/h4,8,10,18H,2-3,5-7,9H2,1H3,(H,16,17)/t15-/m1/s1. The molecule has 2 N–H and O–H groups in total. The Morgan fingerprint density at radius 1 is 1.50 bits per heavy atom. The van der Waals surface area contributed by atoms with Gasteiger partial charge in [0.05, 0.1) is 11.9 Å². The summed E-state index contributed by atoms with van der Waals surface area (Å²) in [6.07, 6.45) is 11.8. The molecule has 0 radical (unpaired) electrons. The van der Waals surface area contributed by atoms with Crippen molar-refractivity contribution in [3.63, 3.8) is 0 Å². The Hall–Kier alpha value is -1.35. The van der Waals surface area contributed by atoms with Crippen LogP contribution in [0.5, 0.6) is 0 Å². The molecule has 1 atom stereocenters. The van der Waals surface area contributed by atoms with Gasteiger partial charge in [-0.05, 0) is 43.7 Å². The molecule has 2 aliphatic rings. The van der Waals surface area contributed by atoms with Crippen molar-refractivity contribution >= 4 is 6.08 Å². The van der Waals surface area contributed by atoms with Gasteiger partial charge < -0.3 is 5.11 Å². The van der Waals surface area contributed by atoms with Gasteiger partial charge in [-0.2, -0.15) is 5.10 Å². The summed E-state index contributed by atoms with van der Waals surface area (Å²) in [5.41, 5.74) is 5.68. The molecular formula is C15H20N2O. The summed E-state index contributed by atoms with van der Waals surface area (Å²) in [7, 11) is 0. The van der Waals surface area contributed by atoms with Crippen molar-refractivity contribution in [3.05, 3.63) is 34.7 Å². The Balaban J connectivity index is 1.96. The van der Waals surface area contributed by atoms with E-state index in [1.54, 1.807) is 0 Å². The number of nitrogens with zero attached hydrogens (tertiary/aromatic N) is 1. The van der Waals surface area contributed by atoms with Crippen molar-refractivity contribution in [1.82, 2.24) is 10.2 Å². The normalized spacial score (nSPS) is 26.1. The predicted molar refractivity (Wildman–Crippen MR) is 72.0 cm³/mol. The first-order chi connectivity index (χ1) is 8.74. The van der Waals surface area contributed by atoms with E-state index >= 15 is 0 Å². The molecule has 0 bridgehead atoms. The molecule has 1 aromatic heterocycles. The molecular weight excluding hydrogens is 224 g/mol. The lowest BCUT2D eigenvalue weighted by Gasteiger charge is -2.40. The molecule has 0 aromatic carbocycles. The van der Waals surface area contributed by atoms with Crippen LogP contribution in [0.25, 0.3) is 6.08 Å². The second-order valence-corrected chi connectivity index (χ2v) is 5.58. The van der Waals surface area contributed by atoms with Crippen molar-refractivity contribution in [2.24, 2.45) is 5.41 Å². The zero-order valence-electron chi connectivity index (χ0n) is 10.9. The molecule has 3 nitrogen and oxygen atoms in total. The van der Waals surface area contributed by atoms with Crippen LogP contribution in [0.2, 0.25) is 0 Å². The number of hydrogen-bond acceptors (Lipinski definition) is 2. The molecule has 2 aliphatic carbocycles. The minimum absolute atomic E-state index is 0.157. The quantitative estimate of drug-likeness (QED) is 0.803. The molecule has 1 heterocycles. The second-order valence-electron chi connectivity index (χ2n) is 5.58. The molecule has 0 aliphatic heterocycles. The summed E-state index contributed by atoms with van der Waals surface area (Å²) in [5.74, 6) is 0. The van der Waals surface area contributed by atoms with Crippen molar-refractivity contribution in [1.29, 1.82) is 0 Å². The van der Waals surface area contributed by atoms with Gasteiger partial charge in [-0.15, -0.1) is 0 Å². The van der Waals surface area contributed by atoms with Crippen molar-refractivity contribution in [2.75, 3.05) is 6.61 Å². The third kappa shape index (κ3) is 1.74. The molecule has 0 fully saturated rings. The largest absolute Gasteiger partial charge is 0.396 e. The van der Waals surface area contributed by atoms with Crippen LogP contribution in [0, 0.1) is 5.41 Å². The smallest absolute Gasteiger partial charge is 0.0610 e. The van der Waals surface area contributed by atoms with Gasteiger partial charge in [0, 0.05) is 12.0 Å². The summed E-state index contributed by atoms with van der Waals surface area (Å²) in [4.78, 5) is 0. The topological polar surface area (TPSA) is 48.9 Å². The molecule has 3 rings (SSSR count). The highest BCUT2D eigenvalue weighted by atomic mass is 16.2. The van der Waals surface area contributed by atoms with Crippen LogP contribution in [0.3, 0.4) is 0 Å². The number of aromatic amines is 1. The van der Waals surface area contributed by atoms with Gasteiger partial charge in [-0.3, -0.25) is 5.10 Å². The van der Waals surface area contributed by atoms with E-state index in [2.05, 4.69) is 29.3 Å². The number of fused-ring (bicyclic) bond motifs is 2. The minimum atomic E-state index is 0.157. The maximum absolute atomic E-state index is 9.04. The number of H-pyrrole nitrogens is 1. The Kier molecular flexibility index (Phi) is 2.86. The molecule has 0 spiro atoms. The van der Waals surface area contributed by atoms with Crippen LogP contribution < -0.4 is 0 Å². The maximum atomic E-state index is 9.04. The zero-order chi connectivity index (χ0) is 12.6. The molecule has 18 heavy (non-hydrogen) atoms. The van der Waals surface area contributed by atoms with Crippen LogP contribution in [-0.4, -0.2) is 21.9 Å². The highest BCUT2D eigenvalue weighted by molar-refractivity contribution is 5.61. The van der Waals surface area contributed by atoms with Crippen LogP contribution in [0.4, 0.5) is 0 Å². The molecule has 0 unspecified atom stereocenters. The fourth-order valence-electron chi connectivity index (χ4n) is 3.36. The first-order valence-corrected chi connectivity index (χ1v) is 6.78. The highest BCUT2D eigenvalue weighted by Gasteiger charge is 2.38. The van der Waals surface area contributed by atoms with Gasteiger partial charge in [0.25, 0.3) is 0 Å². The number of hydrogen-bond donors (Lipinski definition) is 2. The summed E-state index contributed by atoms with van der Waals surface area (Å²) >= 11 is 0. The average molecular weight is 244 g/mol. The van der Waals surface area contributed by atoms with Gasteiger partial charge in [-0.25, -0.2) is 0 Å². The van der Waals surface area contributed by atoms with Gasteiger partial charge >= 0.3 is 0 Å². The number of allylic oxidation sites excluding steroid dienone is 3. The van der Waals surface area contributed by atoms with Crippen molar-refractivity contribution < 1.29 is 5.11 Å². The number of aliphatic hydroxyl groups excluding tert-OH is 1. The lowest BCUT2D eigenvalue weighted by Crippen LogP contribution is -2.30. The summed E-state index contributed by atoms with van der Waals surface area (Å²) < 4.78 is 0. The first-order valence-electron chi connectivity index (χ1n) is 6.78. The van der Waals surface area contributed by atoms with Crippen LogP contribution in [0.15, 0.2) is 23.4 Å².